The molecule has 0 heterocycles. The molecule has 2 saturated carbocycles. The third kappa shape index (κ3) is 7.70. The molecule has 4 unspecified atom stereocenters. The fourth-order valence-corrected chi connectivity index (χ4v) is 16.5. The summed E-state index contributed by atoms with van der Waals surface area (Å²) < 4.78 is 0. The topological polar surface area (TPSA) is 6.48 Å². The Kier molecular flexibility index (Phi) is 11.4. The van der Waals surface area contributed by atoms with E-state index >= 15 is 0 Å². The van der Waals surface area contributed by atoms with Crippen LogP contribution in [-0.4, -0.2) is 0 Å². The second-order valence-corrected chi connectivity index (χ2v) is 25.1. The van der Waals surface area contributed by atoms with Gasteiger partial charge in [-0.15, -0.1) is 0 Å². The summed E-state index contributed by atoms with van der Waals surface area (Å²) in [5.74, 6) is 2.34. The number of hydrogen-bond donors (Lipinski definition) is 0. The third-order valence-corrected chi connectivity index (χ3v) is 20.3. The molecule has 1 spiro atoms. The average Bonchev–Trinajstić information content (AvgIpc) is 1.54. The second kappa shape index (κ2) is 19.4. The summed E-state index contributed by atoms with van der Waals surface area (Å²) in [6.45, 7) is 4.74. The number of nitrogens with zero attached hydrogens (tertiary/aromatic N) is 2. The van der Waals surface area contributed by atoms with Crippen LogP contribution in [0.2, 0.25) is 0 Å². The van der Waals surface area contributed by atoms with Crippen LogP contribution < -0.4 is 9.80 Å². The highest BCUT2D eigenvalue weighted by Gasteiger charge is 2.53. The highest BCUT2D eigenvalue weighted by molar-refractivity contribution is 6.02. The Bertz CT molecular complexity index is 4570. The number of hydrogen-bond acceptors (Lipinski definition) is 2. The molecule has 0 aromatic heterocycles. The van der Waals surface area contributed by atoms with E-state index in [1.807, 2.05) is 0 Å². The summed E-state index contributed by atoms with van der Waals surface area (Å²) >= 11 is 0. The van der Waals surface area contributed by atoms with Gasteiger partial charge in [-0.05, 0) is 222 Å². The van der Waals surface area contributed by atoms with Crippen molar-refractivity contribution in [2.45, 2.75) is 56.3 Å². The average molecular weight is 1090 g/mol. The lowest BCUT2D eigenvalue weighted by molar-refractivity contribution is 0.420. The van der Waals surface area contributed by atoms with Crippen LogP contribution in [0.4, 0.5) is 34.1 Å². The lowest BCUT2D eigenvalue weighted by Gasteiger charge is -2.34. The molecule has 0 N–H and O–H groups in total. The Morgan fingerprint density at radius 3 is 1.39 bits per heavy atom. The molecule has 2 heteroatoms. The first-order valence-corrected chi connectivity index (χ1v) is 30.7. The van der Waals surface area contributed by atoms with Crippen LogP contribution in [0.5, 0.6) is 0 Å². The lowest BCUT2D eigenvalue weighted by atomic mass is 9.70. The Labute approximate surface area is 500 Å². The first kappa shape index (κ1) is 49.8. The summed E-state index contributed by atoms with van der Waals surface area (Å²) in [5.41, 5.74) is 30.2. The van der Waals surface area contributed by atoms with E-state index in [1.165, 1.54) is 131 Å². The maximum Gasteiger partial charge on any atom is 0.0727 e. The molecule has 0 radical (unpaired) electrons. The van der Waals surface area contributed by atoms with Crippen LogP contribution in [0, 0.1) is 11.8 Å². The minimum absolute atomic E-state index is 0.107. The second-order valence-electron chi connectivity index (χ2n) is 25.1. The zero-order chi connectivity index (χ0) is 56.4. The number of benzene rings is 12. The molecule has 406 valence electrons. The molecule has 2 bridgehead atoms. The van der Waals surface area contributed by atoms with E-state index in [2.05, 4.69) is 309 Å². The van der Waals surface area contributed by atoms with Crippen LogP contribution in [0.1, 0.15) is 84.4 Å². The van der Waals surface area contributed by atoms with Gasteiger partial charge in [0.15, 0.2) is 0 Å². The maximum atomic E-state index is 2.61. The van der Waals surface area contributed by atoms with E-state index in [0.717, 1.165) is 46.0 Å². The molecule has 17 rings (SSSR count). The van der Waals surface area contributed by atoms with Crippen molar-refractivity contribution in [2.24, 2.45) is 11.8 Å². The van der Waals surface area contributed by atoms with Crippen molar-refractivity contribution in [3.05, 3.63) is 324 Å². The minimum Gasteiger partial charge on any atom is -0.310 e. The predicted octanol–water partition coefficient (Wildman–Crippen LogP) is 22.2. The Morgan fingerprint density at radius 2 is 0.765 bits per heavy atom. The van der Waals surface area contributed by atoms with Crippen molar-refractivity contribution in [1.29, 1.82) is 0 Å². The largest absolute Gasteiger partial charge is 0.310 e. The van der Waals surface area contributed by atoms with Gasteiger partial charge in [-0.2, -0.15) is 0 Å². The Balaban J connectivity index is 0.949. The standard InChI is InChI=1S/C83H64N2/c1-82(2)75-31-19-18-30-67(75)73-50-65(41-45-76(73)82)84(62-26-14-6-15-27-62)66-40-42-68-71-48-59(55-20-8-3-9-21-55)36-43-77(71)83(79(68)51-66)78-44-37-60(56-22-10-4-11-23-56)49-72(78)74-52-70(57-24-12-5-13-25-57)81(53-80(74)83)85(63-28-16-7-17-29-63)64-38-34-58(35-39-64)69-47-54-32-33-61(69)46-54/h3-31,34-45,48-54,61,69H,32-33,46-47H2,1-2H3. The molecule has 4 atom stereocenters. The molecule has 5 aliphatic carbocycles. The zero-order valence-corrected chi connectivity index (χ0v) is 48.1. The summed E-state index contributed by atoms with van der Waals surface area (Å²) in [6.07, 6.45) is 5.49. The fourth-order valence-electron chi connectivity index (χ4n) is 16.5. The Morgan fingerprint density at radius 1 is 0.294 bits per heavy atom. The quantitative estimate of drug-likeness (QED) is 0.135. The zero-order valence-electron chi connectivity index (χ0n) is 48.1. The van der Waals surface area contributed by atoms with Crippen LogP contribution >= 0.6 is 0 Å². The van der Waals surface area contributed by atoms with Crippen LogP contribution in [0.15, 0.2) is 285 Å². The van der Waals surface area contributed by atoms with Gasteiger partial charge in [0.25, 0.3) is 0 Å². The van der Waals surface area contributed by atoms with Crippen molar-refractivity contribution < 1.29 is 0 Å². The molecule has 12 aromatic carbocycles. The van der Waals surface area contributed by atoms with Gasteiger partial charge in [0.05, 0.1) is 11.1 Å². The molecule has 0 aliphatic heterocycles. The molecule has 12 aromatic rings. The van der Waals surface area contributed by atoms with Crippen molar-refractivity contribution in [3.63, 3.8) is 0 Å². The summed E-state index contributed by atoms with van der Waals surface area (Å²) in [4.78, 5) is 5.05. The van der Waals surface area contributed by atoms with Crippen LogP contribution in [-0.2, 0) is 10.8 Å². The SMILES string of the molecule is CC1(C)c2ccccc2-c2cc(N(c3ccccc3)c3ccc4c(c3)C3(c5ccc(-c6ccccc6)cc5-4)c4ccc(-c5ccccc5)cc4-c4cc(-c5ccccc5)c(N(c5ccccc5)c5ccc(C6CC7CCC6C7)cc5)cc43)ccc21. The number of fused-ring (bicyclic) bond motifs is 15. The first-order valence-electron chi connectivity index (χ1n) is 30.7. The maximum absolute atomic E-state index is 2.61. The van der Waals surface area contributed by atoms with Crippen molar-refractivity contribution in [1.82, 2.24) is 0 Å². The van der Waals surface area contributed by atoms with E-state index in [1.54, 1.807) is 0 Å². The molecule has 0 amide bonds. The number of para-hydroxylation sites is 2. The van der Waals surface area contributed by atoms with Crippen LogP contribution in [0.25, 0.3) is 66.8 Å². The summed E-state index contributed by atoms with van der Waals surface area (Å²) in [6, 6.07) is 108. The summed E-state index contributed by atoms with van der Waals surface area (Å²) in [7, 11) is 0. The minimum atomic E-state index is -0.725. The lowest BCUT2D eigenvalue weighted by Crippen LogP contribution is -2.27. The van der Waals surface area contributed by atoms with Gasteiger partial charge >= 0.3 is 0 Å². The van der Waals surface area contributed by atoms with Gasteiger partial charge in [-0.25, -0.2) is 0 Å². The van der Waals surface area contributed by atoms with Crippen molar-refractivity contribution in [2.75, 3.05) is 9.80 Å². The smallest absolute Gasteiger partial charge is 0.0727 e. The highest BCUT2D eigenvalue weighted by Crippen LogP contribution is 2.66. The summed E-state index contributed by atoms with van der Waals surface area (Å²) in [5, 5.41) is 0. The van der Waals surface area contributed by atoms with Gasteiger partial charge < -0.3 is 9.80 Å². The normalized spacial score (nSPS) is 18.5. The number of rotatable bonds is 10. The van der Waals surface area contributed by atoms with E-state index < -0.39 is 5.41 Å². The fraction of sp³-hybridized carbons (Fsp3) is 0.133. The monoisotopic (exact) mass is 1090 g/mol. The van der Waals surface area contributed by atoms with E-state index in [0.29, 0.717) is 5.92 Å². The van der Waals surface area contributed by atoms with Crippen LogP contribution in [0.3, 0.4) is 0 Å². The van der Waals surface area contributed by atoms with Gasteiger partial charge in [-0.3, -0.25) is 0 Å². The molecule has 2 fully saturated rings. The van der Waals surface area contributed by atoms with Crippen molar-refractivity contribution >= 4 is 34.1 Å². The van der Waals surface area contributed by atoms with E-state index in [4.69, 9.17) is 0 Å². The van der Waals surface area contributed by atoms with Gasteiger partial charge in [-0.1, -0.05) is 220 Å². The van der Waals surface area contributed by atoms with Gasteiger partial charge in [0.1, 0.15) is 0 Å². The Hall–Kier alpha value is -9.76. The molecule has 85 heavy (non-hydrogen) atoms. The van der Waals surface area contributed by atoms with Crippen molar-refractivity contribution in [3.8, 4) is 66.8 Å². The van der Waals surface area contributed by atoms with Gasteiger partial charge in [0.2, 0.25) is 0 Å². The highest BCUT2D eigenvalue weighted by atomic mass is 15.2. The molecule has 2 nitrogen and oxygen atoms in total. The molecule has 5 aliphatic rings. The molecular weight excluding hydrogens is 1020 g/mol. The van der Waals surface area contributed by atoms with Gasteiger partial charge in [0, 0.05) is 39.4 Å². The number of anilines is 6. The molecular formula is C83H64N2. The van der Waals surface area contributed by atoms with E-state index in [-0.39, 0.29) is 5.41 Å². The van der Waals surface area contributed by atoms with E-state index in [9.17, 15) is 0 Å². The first-order chi connectivity index (χ1) is 41.9. The third-order valence-electron chi connectivity index (χ3n) is 20.3. The molecule has 0 saturated heterocycles. The predicted molar refractivity (Wildman–Crippen MR) is 354 cm³/mol.